The second-order valence-electron chi connectivity index (χ2n) is 13.7. The summed E-state index contributed by atoms with van der Waals surface area (Å²) in [6.07, 6.45) is 7.73. The van der Waals surface area contributed by atoms with Crippen LogP contribution in [0.15, 0.2) is 0 Å². The van der Waals surface area contributed by atoms with Crippen LogP contribution in [0.1, 0.15) is 150 Å². The van der Waals surface area contributed by atoms with E-state index in [0.29, 0.717) is 10.8 Å². The van der Waals surface area contributed by atoms with Crippen molar-refractivity contribution in [3.8, 4) is 0 Å². The van der Waals surface area contributed by atoms with Gasteiger partial charge in [-0.15, -0.1) is 0 Å². The third-order valence-electron chi connectivity index (χ3n) is 9.22. The lowest BCUT2D eigenvalue weighted by atomic mass is 9.58. The Morgan fingerprint density at radius 1 is 0.595 bits per heavy atom. The van der Waals surface area contributed by atoms with Gasteiger partial charge in [0.05, 0.1) is 0 Å². The highest BCUT2D eigenvalue weighted by Gasteiger charge is 2.45. The molecule has 0 aromatic heterocycles. The Kier molecular flexibility index (Phi) is 21.3. The van der Waals surface area contributed by atoms with Gasteiger partial charge in [0.1, 0.15) is 0 Å². The molecular formula is C34H77N3. The minimum Gasteiger partial charge on any atom is -0.304 e. The lowest BCUT2D eigenvalue weighted by Crippen LogP contribution is -2.59. The van der Waals surface area contributed by atoms with E-state index in [1.165, 1.54) is 77.8 Å². The van der Waals surface area contributed by atoms with Crippen LogP contribution in [0.5, 0.6) is 0 Å². The summed E-state index contributed by atoms with van der Waals surface area (Å²) in [5.41, 5.74) is 1.36. The first-order chi connectivity index (χ1) is 16.6. The summed E-state index contributed by atoms with van der Waals surface area (Å²) in [6, 6.07) is 0. The van der Waals surface area contributed by atoms with Crippen LogP contribution >= 0.6 is 0 Å². The average Bonchev–Trinajstić information content (AvgIpc) is 2.81. The van der Waals surface area contributed by atoms with Crippen molar-refractivity contribution in [1.82, 2.24) is 14.7 Å². The smallest absolute Gasteiger partial charge is 0.0171 e. The molecule has 0 atom stereocenters. The zero-order chi connectivity index (χ0) is 28.8. The van der Waals surface area contributed by atoms with Crippen molar-refractivity contribution in [2.24, 2.45) is 16.7 Å². The number of piperidine rings is 1. The molecule has 0 aliphatic carbocycles. The third kappa shape index (κ3) is 13.2. The van der Waals surface area contributed by atoms with Crippen LogP contribution in [0.2, 0.25) is 0 Å². The Labute approximate surface area is 238 Å². The second-order valence-corrected chi connectivity index (χ2v) is 13.7. The van der Waals surface area contributed by atoms with E-state index < -0.39 is 0 Å². The molecule has 0 N–H and O–H groups in total. The number of piperazine rings is 1. The number of hydrogen-bond donors (Lipinski definition) is 0. The second kappa shape index (κ2) is 19.0. The van der Waals surface area contributed by atoms with Crippen LogP contribution in [-0.2, 0) is 0 Å². The molecule has 2 aliphatic heterocycles. The predicted molar refractivity (Wildman–Crippen MR) is 174 cm³/mol. The Balaban J connectivity index is -0.00000115. The van der Waals surface area contributed by atoms with Crippen LogP contribution in [0, 0.1) is 16.7 Å². The van der Waals surface area contributed by atoms with Crippen molar-refractivity contribution in [2.45, 2.75) is 161 Å². The quantitative estimate of drug-likeness (QED) is 0.326. The van der Waals surface area contributed by atoms with Crippen LogP contribution in [-0.4, -0.2) is 72.1 Å². The van der Waals surface area contributed by atoms with E-state index >= 15 is 0 Å². The maximum Gasteiger partial charge on any atom is 0.0171 e. The zero-order valence-corrected chi connectivity index (χ0v) is 28.4. The van der Waals surface area contributed by atoms with Gasteiger partial charge in [0, 0.05) is 37.3 Å². The minimum absolute atomic E-state index is 0. The summed E-state index contributed by atoms with van der Waals surface area (Å²) in [6.45, 7) is 42.2. The molecule has 0 spiro atoms. The number of likely N-dealkylation sites (tertiary alicyclic amines) is 1. The number of likely N-dealkylation sites (N-methyl/N-ethyl adjacent to an activating group) is 1. The summed E-state index contributed by atoms with van der Waals surface area (Å²) in [7, 11) is 2.25. The summed E-state index contributed by atoms with van der Waals surface area (Å²) >= 11 is 0. The first kappa shape index (κ1) is 41.4. The normalized spacial score (nSPS) is 18.8. The van der Waals surface area contributed by atoms with Crippen molar-refractivity contribution in [2.75, 3.05) is 46.3 Å². The summed E-state index contributed by atoms with van der Waals surface area (Å²) in [5.74, 6) is 0.847. The highest BCUT2D eigenvalue weighted by molar-refractivity contribution is 4.98. The number of nitrogens with zero attached hydrogens (tertiary/aromatic N) is 3. The molecule has 37 heavy (non-hydrogen) atoms. The molecule has 2 rings (SSSR count). The van der Waals surface area contributed by atoms with E-state index in [4.69, 9.17) is 0 Å². The molecular weight excluding hydrogens is 450 g/mol. The van der Waals surface area contributed by atoms with Gasteiger partial charge < -0.3 is 4.90 Å². The van der Waals surface area contributed by atoms with Gasteiger partial charge in [-0.1, -0.05) is 103 Å². The molecule has 228 valence electrons. The molecule has 3 nitrogen and oxygen atoms in total. The maximum absolute atomic E-state index is 2.80. The van der Waals surface area contributed by atoms with E-state index in [1.54, 1.807) is 0 Å². The molecule has 0 unspecified atom stereocenters. The van der Waals surface area contributed by atoms with Gasteiger partial charge in [0.15, 0.2) is 0 Å². The zero-order valence-electron chi connectivity index (χ0n) is 28.4. The molecule has 0 aromatic rings. The molecule has 2 heterocycles. The molecule has 2 fully saturated rings. The van der Waals surface area contributed by atoms with Crippen molar-refractivity contribution in [1.29, 1.82) is 0 Å². The predicted octanol–water partition coefficient (Wildman–Crippen LogP) is 9.85. The SMILES string of the molecule is C.CC.CCC.CCC.CCC(C)(C)C(C)(C)C1CCN(C(C)(C)CC(C)(C)N2CCN(C)CC2)CC1. The molecule has 0 amide bonds. The maximum atomic E-state index is 2.80. The summed E-state index contributed by atoms with van der Waals surface area (Å²) in [4.78, 5) is 7.99. The first-order valence-corrected chi connectivity index (χ1v) is 15.7. The van der Waals surface area contributed by atoms with E-state index in [9.17, 15) is 0 Å². The van der Waals surface area contributed by atoms with E-state index in [0.717, 1.165) is 5.92 Å². The summed E-state index contributed by atoms with van der Waals surface area (Å²) in [5, 5.41) is 0. The highest BCUT2D eigenvalue weighted by atomic mass is 15.3. The number of rotatable bonds is 7. The van der Waals surface area contributed by atoms with Gasteiger partial charge in [-0.3, -0.25) is 9.80 Å². The molecule has 3 heteroatoms. The minimum atomic E-state index is 0. The Morgan fingerprint density at radius 3 is 1.24 bits per heavy atom. The van der Waals surface area contributed by atoms with Crippen LogP contribution in [0.25, 0.3) is 0 Å². The Morgan fingerprint density at radius 2 is 0.919 bits per heavy atom. The van der Waals surface area contributed by atoms with Crippen molar-refractivity contribution < 1.29 is 0 Å². The molecule has 0 aromatic carbocycles. The van der Waals surface area contributed by atoms with Crippen LogP contribution in [0.4, 0.5) is 0 Å². The van der Waals surface area contributed by atoms with Gasteiger partial charge in [-0.05, 0) is 83.8 Å². The molecule has 2 aliphatic rings. The van der Waals surface area contributed by atoms with Crippen molar-refractivity contribution in [3.05, 3.63) is 0 Å². The largest absolute Gasteiger partial charge is 0.304 e. The summed E-state index contributed by atoms with van der Waals surface area (Å²) < 4.78 is 0. The molecule has 0 saturated carbocycles. The standard InChI is InChI=1S/C25H51N3.2C3H8.C2H6.CH4/c1-11-22(2,3)25(8,9)21-12-14-27(15-13-21)23(4,5)20-24(6,7)28-18-16-26(10)17-19-28;2*1-3-2;1-2;/h21H,11-20H2,1-10H3;2*3H2,1-2H3;1-2H3;1H4. The first-order valence-electron chi connectivity index (χ1n) is 15.7. The molecule has 2 saturated heterocycles. The van der Waals surface area contributed by atoms with Gasteiger partial charge in [0.2, 0.25) is 0 Å². The van der Waals surface area contributed by atoms with Crippen molar-refractivity contribution >= 4 is 0 Å². The molecule has 0 radical (unpaired) electrons. The van der Waals surface area contributed by atoms with Gasteiger partial charge >= 0.3 is 0 Å². The number of hydrogen-bond acceptors (Lipinski definition) is 3. The monoisotopic (exact) mass is 528 g/mol. The third-order valence-corrected chi connectivity index (χ3v) is 9.22. The fourth-order valence-corrected chi connectivity index (χ4v) is 5.91. The van der Waals surface area contributed by atoms with E-state index in [-0.39, 0.29) is 18.5 Å². The van der Waals surface area contributed by atoms with Crippen LogP contribution < -0.4 is 0 Å². The van der Waals surface area contributed by atoms with Gasteiger partial charge in [-0.25, -0.2) is 0 Å². The highest BCUT2D eigenvalue weighted by Crippen LogP contribution is 2.50. The average molecular weight is 528 g/mol. The van der Waals surface area contributed by atoms with Gasteiger partial charge in [0.25, 0.3) is 0 Å². The fraction of sp³-hybridized carbons (Fsp3) is 1.00. The van der Waals surface area contributed by atoms with E-state index in [2.05, 4.69) is 112 Å². The van der Waals surface area contributed by atoms with Gasteiger partial charge in [-0.2, -0.15) is 0 Å². The lowest BCUT2D eigenvalue weighted by Gasteiger charge is -2.53. The van der Waals surface area contributed by atoms with Crippen LogP contribution in [0.3, 0.4) is 0 Å². The molecule has 0 bridgehead atoms. The van der Waals surface area contributed by atoms with E-state index in [1.807, 2.05) is 13.8 Å². The van der Waals surface area contributed by atoms with Crippen molar-refractivity contribution in [3.63, 3.8) is 0 Å². The Bertz CT molecular complexity index is 517. The fourth-order valence-electron chi connectivity index (χ4n) is 5.91. The Hall–Kier alpha value is -0.120. The lowest BCUT2D eigenvalue weighted by molar-refractivity contribution is -0.0373. The topological polar surface area (TPSA) is 9.72 Å².